The zero-order valence-corrected chi connectivity index (χ0v) is 12.1. The Morgan fingerprint density at radius 1 is 1.19 bits per heavy atom. The molecule has 0 radical (unpaired) electrons. The van der Waals surface area contributed by atoms with Gasteiger partial charge in [-0.05, 0) is 36.2 Å². The average Bonchev–Trinajstić information content (AvgIpc) is 2.50. The maximum atomic E-state index is 13.0. The summed E-state index contributed by atoms with van der Waals surface area (Å²) in [5.74, 6) is 0.325. The Bertz CT molecular complexity index is 589. The molecule has 0 spiro atoms. The Morgan fingerprint density at radius 2 is 1.90 bits per heavy atom. The van der Waals surface area contributed by atoms with Crippen LogP contribution in [-0.2, 0) is 5.60 Å². The summed E-state index contributed by atoms with van der Waals surface area (Å²) in [6.45, 7) is 2.20. The van der Waals surface area contributed by atoms with E-state index in [4.69, 9.17) is 10.5 Å². The van der Waals surface area contributed by atoms with E-state index < -0.39 is 5.60 Å². The van der Waals surface area contributed by atoms with Crippen LogP contribution in [0.4, 0.5) is 4.39 Å². The molecule has 21 heavy (non-hydrogen) atoms. The zero-order chi connectivity index (χ0) is 15.3. The van der Waals surface area contributed by atoms with E-state index in [9.17, 15) is 9.50 Å². The Morgan fingerprint density at radius 3 is 2.52 bits per heavy atom. The van der Waals surface area contributed by atoms with E-state index in [1.165, 1.54) is 12.1 Å². The van der Waals surface area contributed by atoms with Gasteiger partial charge in [0.05, 0.1) is 6.61 Å². The third-order valence-electron chi connectivity index (χ3n) is 3.56. The predicted molar refractivity (Wildman–Crippen MR) is 80.6 cm³/mol. The number of aryl methyl sites for hydroxylation is 1. The number of benzene rings is 2. The highest BCUT2D eigenvalue weighted by Gasteiger charge is 2.27. The largest absolute Gasteiger partial charge is 0.493 e. The third-order valence-corrected chi connectivity index (χ3v) is 3.56. The molecule has 2 rings (SSSR count). The van der Waals surface area contributed by atoms with Crippen molar-refractivity contribution in [2.24, 2.45) is 5.73 Å². The Kier molecular flexibility index (Phi) is 4.94. The number of halogens is 1. The van der Waals surface area contributed by atoms with Gasteiger partial charge in [0.2, 0.25) is 0 Å². The maximum Gasteiger partial charge on any atom is 0.123 e. The minimum Gasteiger partial charge on any atom is -0.493 e. The first kappa shape index (κ1) is 15.5. The second-order valence-electron chi connectivity index (χ2n) is 5.11. The van der Waals surface area contributed by atoms with E-state index in [1.807, 2.05) is 30.3 Å². The first-order valence-electron chi connectivity index (χ1n) is 6.92. The van der Waals surface area contributed by atoms with E-state index in [0.29, 0.717) is 18.8 Å². The van der Waals surface area contributed by atoms with E-state index >= 15 is 0 Å². The highest BCUT2D eigenvalue weighted by atomic mass is 19.1. The summed E-state index contributed by atoms with van der Waals surface area (Å²) in [6.07, 6.45) is 0.365. The lowest BCUT2D eigenvalue weighted by Crippen LogP contribution is -2.36. The summed E-state index contributed by atoms with van der Waals surface area (Å²) >= 11 is 0. The van der Waals surface area contributed by atoms with Crippen molar-refractivity contribution in [3.05, 3.63) is 65.5 Å². The molecular formula is C17H20FNO2. The summed E-state index contributed by atoms with van der Waals surface area (Å²) in [4.78, 5) is 0. The lowest BCUT2D eigenvalue weighted by molar-refractivity contribution is 0.0232. The van der Waals surface area contributed by atoms with Crippen LogP contribution in [0.25, 0.3) is 0 Å². The number of rotatable bonds is 6. The summed E-state index contributed by atoms with van der Waals surface area (Å²) in [5.41, 5.74) is 6.10. The second kappa shape index (κ2) is 6.70. The molecule has 1 atom stereocenters. The molecule has 0 saturated carbocycles. The number of ether oxygens (including phenoxy) is 1. The molecular weight excluding hydrogens is 269 g/mol. The molecule has 0 aliphatic rings. The van der Waals surface area contributed by atoms with Crippen molar-refractivity contribution in [3.63, 3.8) is 0 Å². The lowest BCUT2D eigenvalue weighted by atomic mass is 9.91. The van der Waals surface area contributed by atoms with Gasteiger partial charge in [0, 0.05) is 13.0 Å². The van der Waals surface area contributed by atoms with E-state index in [2.05, 4.69) is 0 Å². The molecule has 0 heterocycles. The summed E-state index contributed by atoms with van der Waals surface area (Å²) in [5, 5.41) is 10.6. The van der Waals surface area contributed by atoms with Crippen LogP contribution in [0.3, 0.4) is 0 Å². The Hall–Kier alpha value is -1.91. The standard InChI is InChI=1S/C17H20FNO2/c1-13-11-15(18)7-8-16(13)21-10-9-17(20,12-19)14-5-3-2-4-6-14/h2-8,11,20H,9-10,12,19H2,1H3. The summed E-state index contributed by atoms with van der Waals surface area (Å²) < 4.78 is 18.7. The molecule has 1 unspecified atom stereocenters. The number of aliphatic hydroxyl groups is 1. The normalized spacial score (nSPS) is 13.7. The van der Waals surface area contributed by atoms with Crippen LogP contribution in [0.5, 0.6) is 5.75 Å². The fourth-order valence-electron chi connectivity index (χ4n) is 2.22. The molecule has 112 valence electrons. The van der Waals surface area contributed by atoms with Crippen molar-refractivity contribution in [1.82, 2.24) is 0 Å². The number of nitrogens with two attached hydrogens (primary N) is 1. The molecule has 0 saturated heterocycles. The molecule has 0 aliphatic heterocycles. The molecule has 0 amide bonds. The van der Waals surface area contributed by atoms with Crippen LogP contribution in [0.15, 0.2) is 48.5 Å². The van der Waals surface area contributed by atoms with Crippen LogP contribution >= 0.6 is 0 Å². The minimum absolute atomic E-state index is 0.114. The van der Waals surface area contributed by atoms with Crippen molar-refractivity contribution in [1.29, 1.82) is 0 Å². The summed E-state index contributed by atoms with van der Waals surface area (Å²) in [6, 6.07) is 13.7. The van der Waals surface area contributed by atoms with Crippen LogP contribution in [0.2, 0.25) is 0 Å². The van der Waals surface area contributed by atoms with Crippen LogP contribution < -0.4 is 10.5 Å². The average molecular weight is 289 g/mol. The van der Waals surface area contributed by atoms with Crippen molar-refractivity contribution in [2.45, 2.75) is 18.9 Å². The molecule has 2 aromatic rings. The number of hydrogen-bond donors (Lipinski definition) is 2. The SMILES string of the molecule is Cc1cc(F)ccc1OCCC(O)(CN)c1ccccc1. The van der Waals surface area contributed by atoms with E-state index in [1.54, 1.807) is 13.0 Å². The highest BCUT2D eigenvalue weighted by Crippen LogP contribution is 2.25. The monoisotopic (exact) mass is 289 g/mol. The fraction of sp³-hybridized carbons (Fsp3) is 0.294. The smallest absolute Gasteiger partial charge is 0.123 e. The van der Waals surface area contributed by atoms with Gasteiger partial charge in [-0.3, -0.25) is 0 Å². The Balaban J connectivity index is 2.01. The molecule has 0 fully saturated rings. The molecule has 4 heteroatoms. The first-order valence-corrected chi connectivity index (χ1v) is 6.92. The fourth-order valence-corrected chi connectivity index (χ4v) is 2.22. The molecule has 0 aliphatic carbocycles. The van der Waals surface area contributed by atoms with E-state index in [-0.39, 0.29) is 12.4 Å². The quantitative estimate of drug-likeness (QED) is 0.859. The van der Waals surface area contributed by atoms with Gasteiger partial charge >= 0.3 is 0 Å². The molecule has 3 nitrogen and oxygen atoms in total. The van der Waals surface area contributed by atoms with Crippen molar-refractivity contribution in [3.8, 4) is 5.75 Å². The van der Waals surface area contributed by atoms with Crippen molar-refractivity contribution in [2.75, 3.05) is 13.2 Å². The van der Waals surface area contributed by atoms with Crippen LogP contribution in [0, 0.1) is 12.7 Å². The van der Waals surface area contributed by atoms with Gasteiger partial charge in [0.1, 0.15) is 17.2 Å². The Labute approximate surface area is 124 Å². The highest BCUT2D eigenvalue weighted by molar-refractivity contribution is 5.32. The van der Waals surface area contributed by atoms with E-state index in [0.717, 1.165) is 11.1 Å². The first-order chi connectivity index (χ1) is 10.0. The van der Waals surface area contributed by atoms with Crippen LogP contribution in [-0.4, -0.2) is 18.3 Å². The van der Waals surface area contributed by atoms with Gasteiger partial charge in [0.25, 0.3) is 0 Å². The van der Waals surface area contributed by atoms with Gasteiger partial charge < -0.3 is 15.6 Å². The maximum absolute atomic E-state index is 13.0. The molecule has 3 N–H and O–H groups in total. The van der Waals surface area contributed by atoms with Crippen molar-refractivity contribution >= 4 is 0 Å². The zero-order valence-electron chi connectivity index (χ0n) is 12.1. The van der Waals surface area contributed by atoms with Gasteiger partial charge in [-0.15, -0.1) is 0 Å². The topological polar surface area (TPSA) is 55.5 Å². The van der Waals surface area contributed by atoms with Gasteiger partial charge in [-0.25, -0.2) is 4.39 Å². The van der Waals surface area contributed by atoms with Crippen molar-refractivity contribution < 1.29 is 14.2 Å². The minimum atomic E-state index is -1.12. The van der Waals surface area contributed by atoms with Gasteiger partial charge in [0.15, 0.2) is 0 Å². The second-order valence-corrected chi connectivity index (χ2v) is 5.11. The van der Waals surface area contributed by atoms with Gasteiger partial charge in [-0.1, -0.05) is 30.3 Å². The molecule has 0 bridgehead atoms. The molecule has 0 aromatic heterocycles. The lowest BCUT2D eigenvalue weighted by Gasteiger charge is -2.27. The summed E-state index contributed by atoms with van der Waals surface area (Å²) in [7, 11) is 0. The van der Waals surface area contributed by atoms with Gasteiger partial charge in [-0.2, -0.15) is 0 Å². The number of hydrogen-bond acceptors (Lipinski definition) is 3. The third kappa shape index (κ3) is 3.80. The van der Waals surface area contributed by atoms with Crippen LogP contribution in [0.1, 0.15) is 17.5 Å². The molecule has 2 aromatic carbocycles. The predicted octanol–water partition coefficient (Wildman–Crippen LogP) is 2.75.